The lowest BCUT2D eigenvalue weighted by molar-refractivity contribution is 0.1000. The summed E-state index contributed by atoms with van der Waals surface area (Å²) in [5, 5.41) is 0. The van der Waals surface area contributed by atoms with Gasteiger partial charge in [0.05, 0.1) is 5.56 Å². The van der Waals surface area contributed by atoms with E-state index in [-0.39, 0.29) is 5.91 Å². The van der Waals surface area contributed by atoms with Gasteiger partial charge in [-0.2, -0.15) is 0 Å². The fraction of sp³-hybridized carbons (Fsp3) is 0.370. The summed E-state index contributed by atoms with van der Waals surface area (Å²) in [5.41, 5.74) is 13.2. The third-order valence-corrected chi connectivity index (χ3v) is 6.58. The SMILES string of the molecule is CCc1c(-c2ccc(-c3ccccc3)cc2)c(C(N)=O)c(C)n1CCN1CCCCC1. The lowest BCUT2D eigenvalue weighted by Gasteiger charge is -2.27. The third kappa shape index (κ3) is 4.45. The molecule has 0 aliphatic carbocycles. The summed E-state index contributed by atoms with van der Waals surface area (Å²) in [6.07, 6.45) is 4.78. The highest BCUT2D eigenvalue weighted by atomic mass is 16.1. The van der Waals surface area contributed by atoms with Gasteiger partial charge in [-0.05, 0) is 56.0 Å². The molecular formula is C27H33N3O. The summed E-state index contributed by atoms with van der Waals surface area (Å²) in [6.45, 7) is 8.48. The van der Waals surface area contributed by atoms with Gasteiger partial charge in [0.15, 0.2) is 0 Å². The number of hydrogen-bond acceptors (Lipinski definition) is 2. The molecule has 4 nitrogen and oxygen atoms in total. The van der Waals surface area contributed by atoms with Crippen molar-refractivity contribution in [2.45, 2.75) is 46.1 Å². The zero-order valence-corrected chi connectivity index (χ0v) is 18.7. The first-order chi connectivity index (χ1) is 15.1. The molecule has 2 aromatic carbocycles. The molecule has 1 fully saturated rings. The molecule has 2 heterocycles. The monoisotopic (exact) mass is 415 g/mol. The molecule has 1 amide bonds. The number of nitrogens with zero attached hydrogens (tertiary/aromatic N) is 2. The Hall–Kier alpha value is -2.85. The molecule has 0 atom stereocenters. The fourth-order valence-electron chi connectivity index (χ4n) is 4.96. The first-order valence-corrected chi connectivity index (χ1v) is 11.5. The van der Waals surface area contributed by atoms with E-state index in [1.807, 2.05) is 13.0 Å². The Balaban J connectivity index is 1.70. The summed E-state index contributed by atoms with van der Waals surface area (Å²) >= 11 is 0. The van der Waals surface area contributed by atoms with Crippen LogP contribution in [0.2, 0.25) is 0 Å². The molecule has 1 aliphatic rings. The number of rotatable bonds is 7. The second-order valence-corrected chi connectivity index (χ2v) is 8.50. The topological polar surface area (TPSA) is 51.3 Å². The van der Waals surface area contributed by atoms with Gasteiger partial charge in [-0.15, -0.1) is 0 Å². The minimum absolute atomic E-state index is 0.342. The quantitative estimate of drug-likeness (QED) is 0.571. The first-order valence-electron chi connectivity index (χ1n) is 11.5. The van der Waals surface area contributed by atoms with E-state index in [0.717, 1.165) is 36.3 Å². The largest absolute Gasteiger partial charge is 0.366 e. The maximum Gasteiger partial charge on any atom is 0.251 e. The number of hydrogen-bond donors (Lipinski definition) is 1. The number of piperidine rings is 1. The van der Waals surface area contributed by atoms with Crippen LogP contribution in [0.4, 0.5) is 0 Å². The van der Waals surface area contributed by atoms with Crippen LogP contribution in [-0.2, 0) is 13.0 Å². The predicted molar refractivity (Wildman–Crippen MR) is 128 cm³/mol. The lowest BCUT2D eigenvalue weighted by atomic mass is 9.96. The molecule has 0 radical (unpaired) electrons. The van der Waals surface area contributed by atoms with E-state index in [9.17, 15) is 4.79 Å². The minimum atomic E-state index is -0.342. The molecule has 1 aliphatic heterocycles. The van der Waals surface area contributed by atoms with Crippen LogP contribution in [0.5, 0.6) is 0 Å². The normalized spacial score (nSPS) is 14.6. The van der Waals surface area contributed by atoms with Crippen molar-refractivity contribution in [3.63, 3.8) is 0 Å². The molecule has 4 heteroatoms. The number of primary amides is 1. The van der Waals surface area contributed by atoms with Crippen molar-refractivity contribution in [3.8, 4) is 22.3 Å². The Bertz CT molecular complexity index is 1030. The highest BCUT2D eigenvalue weighted by Crippen LogP contribution is 2.34. The molecule has 1 saturated heterocycles. The Morgan fingerprint density at radius 2 is 1.48 bits per heavy atom. The molecule has 1 aromatic heterocycles. The van der Waals surface area contributed by atoms with Gasteiger partial charge in [0.1, 0.15) is 0 Å². The van der Waals surface area contributed by atoms with Crippen LogP contribution in [-0.4, -0.2) is 35.0 Å². The molecule has 0 bridgehead atoms. The van der Waals surface area contributed by atoms with Crippen LogP contribution in [0.25, 0.3) is 22.3 Å². The number of benzene rings is 2. The van der Waals surface area contributed by atoms with Crippen molar-refractivity contribution >= 4 is 5.91 Å². The van der Waals surface area contributed by atoms with Crippen LogP contribution in [0, 0.1) is 6.92 Å². The van der Waals surface area contributed by atoms with Crippen LogP contribution in [0.3, 0.4) is 0 Å². The van der Waals surface area contributed by atoms with Gasteiger partial charge in [0.25, 0.3) is 5.91 Å². The van der Waals surface area contributed by atoms with Crippen molar-refractivity contribution in [2.24, 2.45) is 5.73 Å². The van der Waals surface area contributed by atoms with Gasteiger partial charge < -0.3 is 15.2 Å². The van der Waals surface area contributed by atoms with Gasteiger partial charge in [-0.25, -0.2) is 0 Å². The van der Waals surface area contributed by atoms with Crippen molar-refractivity contribution in [1.29, 1.82) is 0 Å². The second kappa shape index (κ2) is 9.52. The first kappa shape index (κ1) is 21.4. The van der Waals surface area contributed by atoms with Crippen molar-refractivity contribution in [2.75, 3.05) is 19.6 Å². The molecule has 162 valence electrons. The number of aromatic nitrogens is 1. The van der Waals surface area contributed by atoms with E-state index in [0.29, 0.717) is 5.56 Å². The number of carbonyl (C=O) groups excluding carboxylic acids is 1. The van der Waals surface area contributed by atoms with Crippen LogP contribution in [0.1, 0.15) is 47.9 Å². The summed E-state index contributed by atoms with van der Waals surface area (Å²) in [6, 6.07) is 18.9. The summed E-state index contributed by atoms with van der Waals surface area (Å²) in [7, 11) is 0. The highest BCUT2D eigenvalue weighted by molar-refractivity contribution is 6.02. The van der Waals surface area contributed by atoms with Gasteiger partial charge in [-0.3, -0.25) is 4.79 Å². The second-order valence-electron chi connectivity index (χ2n) is 8.50. The van der Waals surface area contributed by atoms with Crippen LogP contribution < -0.4 is 5.73 Å². The van der Waals surface area contributed by atoms with E-state index in [2.05, 4.69) is 64.9 Å². The number of amides is 1. The van der Waals surface area contributed by atoms with Crippen molar-refractivity contribution in [3.05, 3.63) is 71.5 Å². The van der Waals surface area contributed by atoms with E-state index >= 15 is 0 Å². The predicted octanol–water partition coefficient (Wildman–Crippen LogP) is 5.28. The highest BCUT2D eigenvalue weighted by Gasteiger charge is 2.24. The maximum atomic E-state index is 12.5. The lowest BCUT2D eigenvalue weighted by Crippen LogP contribution is -2.33. The Morgan fingerprint density at radius 1 is 0.871 bits per heavy atom. The average molecular weight is 416 g/mol. The third-order valence-electron chi connectivity index (χ3n) is 6.58. The zero-order valence-electron chi connectivity index (χ0n) is 18.7. The zero-order chi connectivity index (χ0) is 21.8. The summed E-state index contributed by atoms with van der Waals surface area (Å²) < 4.78 is 2.33. The summed E-state index contributed by atoms with van der Waals surface area (Å²) in [5.74, 6) is -0.342. The van der Waals surface area contributed by atoms with E-state index in [1.54, 1.807) is 0 Å². The van der Waals surface area contributed by atoms with Gasteiger partial charge in [-0.1, -0.05) is 67.9 Å². The molecule has 0 unspecified atom stereocenters. The Labute approximate surface area is 185 Å². The number of nitrogens with two attached hydrogens (primary N) is 1. The smallest absolute Gasteiger partial charge is 0.251 e. The minimum Gasteiger partial charge on any atom is -0.366 e. The molecule has 2 N–H and O–H groups in total. The van der Waals surface area contributed by atoms with Gasteiger partial charge >= 0.3 is 0 Å². The van der Waals surface area contributed by atoms with E-state index in [1.165, 1.54) is 49.2 Å². The van der Waals surface area contributed by atoms with Crippen LogP contribution in [0.15, 0.2) is 54.6 Å². The number of carbonyl (C=O) groups is 1. The van der Waals surface area contributed by atoms with Gasteiger partial charge in [0, 0.05) is 30.0 Å². The number of likely N-dealkylation sites (tertiary alicyclic amines) is 1. The Morgan fingerprint density at radius 3 is 2.10 bits per heavy atom. The standard InChI is InChI=1S/C27H33N3O/c1-3-24-26(23-14-12-22(13-15-23)21-10-6-4-7-11-21)25(27(28)31)20(2)30(24)19-18-29-16-8-5-9-17-29/h4,6-7,10-15H,3,5,8-9,16-19H2,1-2H3,(H2,28,31). The van der Waals surface area contributed by atoms with Gasteiger partial charge in [0.2, 0.25) is 0 Å². The molecule has 0 spiro atoms. The maximum absolute atomic E-state index is 12.5. The molecule has 4 rings (SSSR count). The fourth-order valence-corrected chi connectivity index (χ4v) is 4.96. The van der Waals surface area contributed by atoms with E-state index in [4.69, 9.17) is 5.73 Å². The van der Waals surface area contributed by atoms with Crippen molar-refractivity contribution in [1.82, 2.24) is 9.47 Å². The van der Waals surface area contributed by atoms with E-state index < -0.39 is 0 Å². The molecule has 31 heavy (non-hydrogen) atoms. The molecule has 3 aromatic rings. The van der Waals surface area contributed by atoms with Crippen molar-refractivity contribution < 1.29 is 4.79 Å². The summed E-state index contributed by atoms with van der Waals surface area (Å²) in [4.78, 5) is 15.0. The Kier molecular flexibility index (Phi) is 6.57. The average Bonchev–Trinajstić information content (AvgIpc) is 3.10. The molecular weight excluding hydrogens is 382 g/mol. The van der Waals surface area contributed by atoms with Crippen LogP contribution >= 0.6 is 0 Å². The molecule has 0 saturated carbocycles.